The number of carboxylic acid groups (broad SMARTS) is 1. The Morgan fingerprint density at radius 1 is 1.42 bits per heavy atom. The Bertz CT molecular complexity index is 440. The molecule has 2 rings (SSSR count). The van der Waals surface area contributed by atoms with E-state index in [0.717, 1.165) is 43.9 Å². The summed E-state index contributed by atoms with van der Waals surface area (Å²) >= 11 is 0. The molecule has 4 nitrogen and oxygen atoms in total. The highest BCUT2D eigenvalue weighted by molar-refractivity contribution is 5.75. The smallest absolute Gasteiger partial charge is 0.310 e. The number of carbonyl (C=O) groups is 1. The van der Waals surface area contributed by atoms with Crippen LogP contribution in [0.5, 0.6) is 0 Å². The van der Waals surface area contributed by atoms with E-state index in [4.69, 9.17) is 4.42 Å². The Morgan fingerprint density at radius 3 is 2.74 bits per heavy atom. The third-order valence-electron chi connectivity index (χ3n) is 4.23. The van der Waals surface area contributed by atoms with Crippen molar-refractivity contribution in [3.05, 3.63) is 23.7 Å². The van der Waals surface area contributed by atoms with Crippen molar-refractivity contribution >= 4 is 5.97 Å². The number of hydrogen-bond donors (Lipinski definition) is 1. The van der Waals surface area contributed by atoms with Crippen molar-refractivity contribution in [1.82, 2.24) is 4.90 Å². The van der Waals surface area contributed by atoms with Crippen molar-refractivity contribution in [2.45, 2.75) is 46.1 Å². The van der Waals surface area contributed by atoms with Crippen LogP contribution in [0.25, 0.3) is 0 Å². The summed E-state index contributed by atoms with van der Waals surface area (Å²) in [5.41, 5.74) is -0.571. The molecule has 1 unspecified atom stereocenters. The maximum Gasteiger partial charge on any atom is 0.310 e. The number of piperidine rings is 1. The van der Waals surface area contributed by atoms with Gasteiger partial charge in [-0.3, -0.25) is 9.69 Å². The van der Waals surface area contributed by atoms with E-state index in [0.29, 0.717) is 13.0 Å². The van der Waals surface area contributed by atoms with Gasteiger partial charge in [-0.1, -0.05) is 13.8 Å². The molecule has 0 saturated carbocycles. The molecule has 0 radical (unpaired) electrons. The van der Waals surface area contributed by atoms with Gasteiger partial charge >= 0.3 is 5.97 Å². The molecule has 1 aromatic rings. The maximum atomic E-state index is 11.5. The van der Waals surface area contributed by atoms with Crippen molar-refractivity contribution < 1.29 is 14.3 Å². The summed E-state index contributed by atoms with van der Waals surface area (Å²) in [7, 11) is 0. The molecule has 0 aliphatic carbocycles. The van der Waals surface area contributed by atoms with Crippen molar-refractivity contribution in [3.8, 4) is 0 Å². The fourth-order valence-corrected chi connectivity index (χ4v) is 2.89. The summed E-state index contributed by atoms with van der Waals surface area (Å²) < 4.78 is 5.71. The van der Waals surface area contributed by atoms with Crippen LogP contribution in [0.2, 0.25) is 0 Å². The van der Waals surface area contributed by atoms with Crippen LogP contribution in [0.3, 0.4) is 0 Å². The first kappa shape index (κ1) is 14.1. The van der Waals surface area contributed by atoms with Gasteiger partial charge in [0.15, 0.2) is 0 Å². The fourth-order valence-electron chi connectivity index (χ4n) is 2.89. The number of carboxylic acids is 1. The second kappa shape index (κ2) is 5.78. The van der Waals surface area contributed by atoms with Gasteiger partial charge in [0, 0.05) is 13.0 Å². The zero-order chi connectivity index (χ0) is 13.9. The summed E-state index contributed by atoms with van der Waals surface area (Å²) in [6.07, 6.45) is 3.32. The van der Waals surface area contributed by atoms with Crippen LogP contribution in [0, 0.1) is 5.41 Å². The number of aryl methyl sites for hydroxylation is 1. The summed E-state index contributed by atoms with van der Waals surface area (Å²) in [5, 5.41) is 9.46. The molecule has 1 aliphatic heterocycles. The zero-order valence-corrected chi connectivity index (χ0v) is 11.8. The van der Waals surface area contributed by atoms with Crippen LogP contribution in [-0.4, -0.2) is 29.1 Å². The van der Waals surface area contributed by atoms with E-state index in [2.05, 4.69) is 11.8 Å². The lowest BCUT2D eigenvalue weighted by Crippen LogP contribution is -2.47. The molecule has 0 amide bonds. The Kier molecular flexibility index (Phi) is 4.30. The minimum Gasteiger partial charge on any atom is -0.481 e. The standard InChI is InChI=1S/C15H23NO3/c1-3-12-6-7-13(19-12)10-16-9-5-8-15(4-2,11-16)14(17)18/h6-7H,3-5,8-11H2,1-2H3,(H,17,18). The molecule has 19 heavy (non-hydrogen) atoms. The van der Waals surface area contributed by atoms with Crippen molar-refractivity contribution in [3.63, 3.8) is 0 Å². The molecule has 0 bridgehead atoms. The topological polar surface area (TPSA) is 53.7 Å². The van der Waals surface area contributed by atoms with Crippen molar-refractivity contribution in [2.24, 2.45) is 5.41 Å². The number of hydrogen-bond acceptors (Lipinski definition) is 3. The van der Waals surface area contributed by atoms with E-state index in [1.165, 1.54) is 0 Å². The molecule has 1 aromatic heterocycles. The summed E-state index contributed by atoms with van der Waals surface area (Å²) in [6.45, 7) is 6.34. The van der Waals surface area contributed by atoms with Crippen LogP contribution in [0.4, 0.5) is 0 Å². The highest BCUT2D eigenvalue weighted by Gasteiger charge is 2.40. The molecule has 2 heterocycles. The van der Waals surface area contributed by atoms with E-state index in [1.54, 1.807) is 0 Å². The number of rotatable bonds is 5. The van der Waals surface area contributed by atoms with Crippen LogP contribution >= 0.6 is 0 Å². The van der Waals surface area contributed by atoms with Crippen molar-refractivity contribution in [1.29, 1.82) is 0 Å². The lowest BCUT2D eigenvalue weighted by atomic mass is 9.77. The third kappa shape index (κ3) is 3.00. The molecule has 1 N–H and O–H groups in total. The quantitative estimate of drug-likeness (QED) is 0.889. The predicted molar refractivity (Wildman–Crippen MR) is 73.0 cm³/mol. The van der Waals surface area contributed by atoms with E-state index in [-0.39, 0.29) is 0 Å². The van der Waals surface area contributed by atoms with Gasteiger partial charge in [-0.25, -0.2) is 0 Å². The van der Waals surface area contributed by atoms with Crippen molar-refractivity contribution in [2.75, 3.05) is 13.1 Å². The van der Waals surface area contributed by atoms with Gasteiger partial charge in [0.25, 0.3) is 0 Å². The molecule has 0 spiro atoms. The summed E-state index contributed by atoms with van der Waals surface area (Å²) in [4.78, 5) is 13.7. The molecule has 106 valence electrons. The highest BCUT2D eigenvalue weighted by atomic mass is 16.4. The van der Waals surface area contributed by atoms with E-state index < -0.39 is 11.4 Å². The fraction of sp³-hybridized carbons (Fsp3) is 0.667. The minimum atomic E-state index is -0.659. The van der Waals surface area contributed by atoms with Crippen LogP contribution in [-0.2, 0) is 17.8 Å². The molecule has 1 aliphatic rings. The lowest BCUT2D eigenvalue weighted by Gasteiger charge is -2.39. The third-order valence-corrected chi connectivity index (χ3v) is 4.23. The SMILES string of the molecule is CCc1ccc(CN2CCCC(CC)(C(=O)O)C2)o1. The first-order valence-electron chi connectivity index (χ1n) is 7.13. The lowest BCUT2D eigenvalue weighted by molar-refractivity contribution is -0.153. The second-order valence-electron chi connectivity index (χ2n) is 5.47. The van der Waals surface area contributed by atoms with Gasteiger partial charge in [0.05, 0.1) is 12.0 Å². The number of nitrogens with zero attached hydrogens (tertiary/aromatic N) is 1. The van der Waals surface area contributed by atoms with E-state index in [1.807, 2.05) is 19.1 Å². The summed E-state index contributed by atoms with van der Waals surface area (Å²) in [5.74, 6) is 1.27. The van der Waals surface area contributed by atoms with Gasteiger partial charge in [-0.05, 0) is 37.9 Å². The largest absolute Gasteiger partial charge is 0.481 e. The molecule has 1 fully saturated rings. The van der Waals surface area contributed by atoms with Gasteiger partial charge in [0.1, 0.15) is 11.5 Å². The van der Waals surface area contributed by atoms with Crippen LogP contribution in [0.1, 0.15) is 44.6 Å². The predicted octanol–water partition coefficient (Wildman–Crippen LogP) is 2.92. The number of furan rings is 1. The van der Waals surface area contributed by atoms with Gasteiger partial charge < -0.3 is 9.52 Å². The minimum absolute atomic E-state index is 0.571. The van der Waals surface area contributed by atoms with Crippen LogP contribution in [0.15, 0.2) is 16.5 Å². The normalized spacial score (nSPS) is 24.5. The van der Waals surface area contributed by atoms with Gasteiger partial charge in [-0.2, -0.15) is 0 Å². The molecule has 1 saturated heterocycles. The molecular weight excluding hydrogens is 242 g/mol. The first-order valence-corrected chi connectivity index (χ1v) is 7.13. The Balaban J connectivity index is 2.03. The zero-order valence-electron chi connectivity index (χ0n) is 11.8. The van der Waals surface area contributed by atoms with E-state index in [9.17, 15) is 9.90 Å². The Labute approximate surface area is 114 Å². The average molecular weight is 265 g/mol. The first-order chi connectivity index (χ1) is 9.09. The maximum absolute atomic E-state index is 11.5. The highest BCUT2D eigenvalue weighted by Crippen LogP contribution is 2.34. The molecule has 1 atom stereocenters. The molecular formula is C15H23NO3. The Morgan fingerprint density at radius 2 is 2.16 bits per heavy atom. The Hall–Kier alpha value is -1.29. The second-order valence-corrected chi connectivity index (χ2v) is 5.47. The number of aliphatic carboxylic acids is 1. The monoisotopic (exact) mass is 265 g/mol. The molecule has 0 aromatic carbocycles. The van der Waals surface area contributed by atoms with Gasteiger partial charge in [0.2, 0.25) is 0 Å². The van der Waals surface area contributed by atoms with E-state index >= 15 is 0 Å². The number of likely N-dealkylation sites (tertiary alicyclic amines) is 1. The average Bonchev–Trinajstić information content (AvgIpc) is 2.86. The summed E-state index contributed by atoms with van der Waals surface area (Å²) in [6, 6.07) is 4.01. The van der Waals surface area contributed by atoms with Crippen LogP contribution < -0.4 is 0 Å². The van der Waals surface area contributed by atoms with Gasteiger partial charge in [-0.15, -0.1) is 0 Å². The molecule has 4 heteroatoms.